The third-order valence-electron chi connectivity index (χ3n) is 3.42. The molecule has 23 heavy (non-hydrogen) atoms. The summed E-state index contributed by atoms with van der Waals surface area (Å²) in [6.07, 6.45) is 0.994. The minimum Gasteiger partial charge on any atom is -0.366 e. The summed E-state index contributed by atoms with van der Waals surface area (Å²) in [5.74, 6) is 1.03. The van der Waals surface area contributed by atoms with Gasteiger partial charge in [-0.15, -0.1) is 10.2 Å². The van der Waals surface area contributed by atoms with Crippen LogP contribution in [0.1, 0.15) is 20.3 Å². The van der Waals surface area contributed by atoms with E-state index in [0.717, 1.165) is 6.42 Å². The van der Waals surface area contributed by atoms with Crippen molar-refractivity contribution in [2.75, 3.05) is 5.32 Å². The Balaban J connectivity index is 1.78. The van der Waals surface area contributed by atoms with Crippen molar-refractivity contribution in [2.24, 2.45) is 0 Å². The third-order valence-corrected chi connectivity index (χ3v) is 3.42. The van der Waals surface area contributed by atoms with Gasteiger partial charge in [-0.05, 0) is 49.7 Å². The first kappa shape index (κ1) is 15.1. The van der Waals surface area contributed by atoms with E-state index in [1.165, 1.54) is 12.1 Å². The fraction of sp³-hybridized carbons (Fsp3) is 0.250. The highest BCUT2D eigenvalue weighted by atomic mass is 19.1. The standard InChI is InChI=1S/C16H16FN5O/c1-3-10(2)18-14-9-8-13(20-21-14)16-19-15(22-23-16)11-4-6-12(17)7-5-11/h4-10H,3H2,1-2H3,(H,18,21)/t10-/m1/s1. The fourth-order valence-electron chi connectivity index (χ4n) is 1.92. The molecule has 0 bridgehead atoms. The van der Waals surface area contributed by atoms with Gasteiger partial charge in [0.2, 0.25) is 5.82 Å². The molecule has 2 heterocycles. The van der Waals surface area contributed by atoms with E-state index >= 15 is 0 Å². The summed E-state index contributed by atoms with van der Waals surface area (Å²) in [5, 5.41) is 15.3. The molecule has 1 atom stereocenters. The molecule has 3 aromatic rings. The van der Waals surface area contributed by atoms with Crippen LogP contribution in [0.15, 0.2) is 40.9 Å². The lowest BCUT2D eigenvalue weighted by molar-refractivity contribution is 0.430. The maximum absolute atomic E-state index is 12.9. The van der Waals surface area contributed by atoms with Crippen molar-refractivity contribution in [1.29, 1.82) is 0 Å². The molecular formula is C16H16FN5O. The van der Waals surface area contributed by atoms with Crippen molar-refractivity contribution >= 4 is 5.82 Å². The predicted molar refractivity (Wildman–Crippen MR) is 84.1 cm³/mol. The third kappa shape index (κ3) is 3.50. The van der Waals surface area contributed by atoms with Crippen LogP contribution >= 0.6 is 0 Å². The molecule has 0 aliphatic carbocycles. The molecule has 1 N–H and O–H groups in total. The maximum Gasteiger partial charge on any atom is 0.278 e. The molecule has 0 saturated carbocycles. The number of aromatic nitrogens is 4. The smallest absolute Gasteiger partial charge is 0.278 e. The van der Waals surface area contributed by atoms with Crippen LogP contribution in [0.5, 0.6) is 0 Å². The van der Waals surface area contributed by atoms with Crippen molar-refractivity contribution in [1.82, 2.24) is 20.3 Å². The van der Waals surface area contributed by atoms with Gasteiger partial charge in [-0.1, -0.05) is 12.1 Å². The molecule has 0 radical (unpaired) electrons. The predicted octanol–water partition coefficient (Wildman–Crippen LogP) is 3.54. The van der Waals surface area contributed by atoms with Crippen LogP contribution in [-0.2, 0) is 0 Å². The molecule has 6 nitrogen and oxygen atoms in total. The van der Waals surface area contributed by atoms with Crippen molar-refractivity contribution < 1.29 is 8.91 Å². The van der Waals surface area contributed by atoms with Crippen LogP contribution in [0.3, 0.4) is 0 Å². The highest BCUT2D eigenvalue weighted by Gasteiger charge is 2.12. The Hall–Kier alpha value is -2.83. The molecule has 2 aromatic heterocycles. The monoisotopic (exact) mass is 313 g/mol. The second-order valence-electron chi connectivity index (χ2n) is 5.19. The van der Waals surface area contributed by atoms with Gasteiger partial charge in [-0.3, -0.25) is 0 Å². The van der Waals surface area contributed by atoms with Crippen LogP contribution in [0.4, 0.5) is 10.2 Å². The highest BCUT2D eigenvalue weighted by Crippen LogP contribution is 2.21. The van der Waals surface area contributed by atoms with Gasteiger partial charge in [-0.2, -0.15) is 4.98 Å². The Morgan fingerprint density at radius 2 is 1.91 bits per heavy atom. The van der Waals surface area contributed by atoms with E-state index in [1.54, 1.807) is 18.2 Å². The number of halogens is 1. The SMILES string of the molecule is CC[C@@H](C)Nc1ccc(-c2nc(-c3ccc(F)cc3)no2)nn1. The number of hydrogen-bond donors (Lipinski definition) is 1. The van der Waals surface area contributed by atoms with E-state index < -0.39 is 0 Å². The van der Waals surface area contributed by atoms with Gasteiger partial charge in [0.1, 0.15) is 11.6 Å². The summed E-state index contributed by atoms with van der Waals surface area (Å²) in [7, 11) is 0. The van der Waals surface area contributed by atoms with Gasteiger partial charge in [0.25, 0.3) is 5.89 Å². The molecule has 0 aliphatic heterocycles. The molecular weight excluding hydrogens is 297 g/mol. The summed E-state index contributed by atoms with van der Waals surface area (Å²) < 4.78 is 18.1. The average Bonchev–Trinajstić information content (AvgIpc) is 3.06. The van der Waals surface area contributed by atoms with Crippen LogP contribution in [0, 0.1) is 5.82 Å². The van der Waals surface area contributed by atoms with Crippen LogP contribution in [0.2, 0.25) is 0 Å². The van der Waals surface area contributed by atoms with E-state index in [1.807, 2.05) is 6.07 Å². The van der Waals surface area contributed by atoms with E-state index in [-0.39, 0.29) is 11.7 Å². The Bertz CT molecular complexity index is 770. The van der Waals surface area contributed by atoms with E-state index in [4.69, 9.17) is 4.52 Å². The number of rotatable bonds is 5. The van der Waals surface area contributed by atoms with Gasteiger partial charge in [0.05, 0.1) is 0 Å². The van der Waals surface area contributed by atoms with Crippen molar-refractivity contribution in [3.63, 3.8) is 0 Å². The maximum atomic E-state index is 12.9. The molecule has 3 rings (SSSR count). The van der Waals surface area contributed by atoms with Gasteiger partial charge in [0.15, 0.2) is 5.69 Å². The number of nitrogens with zero attached hydrogens (tertiary/aromatic N) is 4. The van der Waals surface area contributed by atoms with Crippen molar-refractivity contribution in [3.8, 4) is 23.0 Å². The van der Waals surface area contributed by atoms with E-state index in [2.05, 4.69) is 39.5 Å². The minimum absolute atomic E-state index is 0.270. The summed E-state index contributed by atoms with van der Waals surface area (Å²) >= 11 is 0. The molecule has 0 saturated heterocycles. The Morgan fingerprint density at radius 1 is 1.13 bits per heavy atom. The Kier molecular flexibility index (Phi) is 4.27. The summed E-state index contributed by atoms with van der Waals surface area (Å²) in [5.41, 5.74) is 1.16. The Morgan fingerprint density at radius 3 is 2.57 bits per heavy atom. The second kappa shape index (κ2) is 6.51. The number of anilines is 1. The number of nitrogens with one attached hydrogen (secondary N) is 1. The molecule has 7 heteroatoms. The fourth-order valence-corrected chi connectivity index (χ4v) is 1.92. The van der Waals surface area contributed by atoms with E-state index in [9.17, 15) is 4.39 Å². The number of hydrogen-bond acceptors (Lipinski definition) is 6. The Labute approximate surface area is 132 Å². The zero-order valence-electron chi connectivity index (χ0n) is 12.8. The van der Waals surface area contributed by atoms with E-state index in [0.29, 0.717) is 28.9 Å². The topological polar surface area (TPSA) is 76.7 Å². The lowest BCUT2D eigenvalue weighted by Gasteiger charge is -2.10. The number of benzene rings is 1. The molecule has 0 aliphatic rings. The van der Waals surface area contributed by atoms with Crippen LogP contribution in [-0.4, -0.2) is 26.4 Å². The van der Waals surface area contributed by atoms with Gasteiger partial charge in [0, 0.05) is 11.6 Å². The molecule has 0 amide bonds. The lowest BCUT2D eigenvalue weighted by atomic mass is 10.2. The van der Waals surface area contributed by atoms with Gasteiger partial charge in [-0.25, -0.2) is 4.39 Å². The summed E-state index contributed by atoms with van der Waals surface area (Å²) in [6.45, 7) is 4.16. The quantitative estimate of drug-likeness (QED) is 0.776. The minimum atomic E-state index is -0.312. The van der Waals surface area contributed by atoms with Crippen LogP contribution in [0.25, 0.3) is 23.0 Å². The van der Waals surface area contributed by atoms with Crippen LogP contribution < -0.4 is 5.32 Å². The molecule has 0 spiro atoms. The second-order valence-corrected chi connectivity index (χ2v) is 5.19. The molecule has 1 aromatic carbocycles. The van der Waals surface area contributed by atoms with Gasteiger partial charge >= 0.3 is 0 Å². The molecule has 0 fully saturated rings. The normalized spacial score (nSPS) is 12.1. The zero-order valence-corrected chi connectivity index (χ0v) is 12.8. The largest absolute Gasteiger partial charge is 0.366 e. The van der Waals surface area contributed by atoms with Crippen molar-refractivity contribution in [3.05, 3.63) is 42.2 Å². The average molecular weight is 313 g/mol. The summed E-state index contributed by atoms with van der Waals surface area (Å²) in [4.78, 5) is 4.26. The van der Waals surface area contributed by atoms with Gasteiger partial charge < -0.3 is 9.84 Å². The summed E-state index contributed by atoms with van der Waals surface area (Å²) in [6, 6.07) is 9.78. The highest BCUT2D eigenvalue weighted by molar-refractivity contribution is 5.57. The molecule has 118 valence electrons. The first-order chi connectivity index (χ1) is 11.2. The first-order valence-electron chi connectivity index (χ1n) is 7.36. The molecule has 0 unspecified atom stereocenters. The van der Waals surface area contributed by atoms with Crippen molar-refractivity contribution in [2.45, 2.75) is 26.3 Å². The first-order valence-corrected chi connectivity index (χ1v) is 7.36. The zero-order chi connectivity index (χ0) is 16.2. The lowest BCUT2D eigenvalue weighted by Crippen LogP contribution is -2.14.